The summed E-state index contributed by atoms with van der Waals surface area (Å²) in [6.07, 6.45) is -9.51. The van der Waals surface area contributed by atoms with Gasteiger partial charge in [-0.3, -0.25) is 4.98 Å². The first-order valence-corrected chi connectivity index (χ1v) is 9.33. The predicted octanol–water partition coefficient (Wildman–Crippen LogP) is 3.25. The molecule has 0 saturated carbocycles. The summed E-state index contributed by atoms with van der Waals surface area (Å²) in [7, 11) is 0. The maximum Gasteiger partial charge on any atom is 0.490 e. The van der Waals surface area contributed by atoms with Gasteiger partial charge in [0.25, 0.3) is 6.08 Å². The second-order valence-electron chi connectivity index (χ2n) is 6.62. The van der Waals surface area contributed by atoms with Crippen molar-refractivity contribution >= 4 is 5.97 Å². The molecule has 0 bridgehead atoms. The highest BCUT2D eigenvalue weighted by atomic mass is 19.4. The Hall–Kier alpha value is -4.15. The van der Waals surface area contributed by atoms with Crippen molar-refractivity contribution in [1.82, 2.24) is 24.3 Å². The molecule has 0 aliphatic rings. The molecule has 36 heavy (non-hydrogen) atoms. The maximum absolute atomic E-state index is 12.8. The van der Waals surface area contributed by atoms with Crippen LogP contribution in [0.25, 0.3) is 17.1 Å². The number of carboxylic acids is 1. The number of rotatable bonds is 5. The number of hydrogen-bond donors (Lipinski definition) is 2. The van der Waals surface area contributed by atoms with Crippen LogP contribution in [0.2, 0.25) is 0 Å². The van der Waals surface area contributed by atoms with Crippen LogP contribution in [-0.4, -0.2) is 48.1 Å². The third kappa shape index (κ3) is 7.17. The van der Waals surface area contributed by atoms with E-state index in [0.717, 1.165) is 27.8 Å². The highest BCUT2D eigenvalue weighted by molar-refractivity contribution is 5.73. The second-order valence-corrected chi connectivity index (χ2v) is 6.62. The van der Waals surface area contributed by atoms with Gasteiger partial charge in [0.05, 0.1) is 12.2 Å². The lowest BCUT2D eigenvalue weighted by Gasteiger charge is -2.07. The Morgan fingerprint density at radius 3 is 2.17 bits per heavy atom. The van der Waals surface area contributed by atoms with Crippen LogP contribution in [0, 0.1) is 0 Å². The molecule has 0 amide bonds. The molecule has 0 saturated heterocycles. The van der Waals surface area contributed by atoms with E-state index in [4.69, 9.17) is 15.6 Å². The van der Waals surface area contributed by atoms with Crippen molar-refractivity contribution in [3.8, 4) is 17.1 Å². The van der Waals surface area contributed by atoms with Crippen LogP contribution in [0.4, 0.5) is 35.1 Å². The van der Waals surface area contributed by atoms with Crippen LogP contribution >= 0.6 is 0 Å². The highest BCUT2D eigenvalue weighted by Crippen LogP contribution is 2.28. The van der Waals surface area contributed by atoms with Crippen LogP contribution in [0.5, 0.6) is 0 Å². The molecule has 0 aliphatic carbocycles. The first-order valence-electron chi connectivity index (χ1n) is 9.33. The Morgan fingerprint density at radius 2 is 1.69 bits per heavy atom. The van der Waals surface area contributed by atoms with Gasteiger partial charge < -0.3 is 10.8 Å². The number of nitrogens with zero attached hydrogens (tertiary/aromatic N) is 5. The van der Waals surface area contributed by atoms with Crippen molar-refractivity contribution in [2.75, 3.05) is 6.54 Å². The van der Waals surface area contributed by atoms with Crippen LogP contribution in [0.3, 0.4) is 0 Å². The van der Waals surface area contributed by atoms with Gasteiger partial charge in [-0.05, 0) is 24.3 Å². The van der Waals surface area contributed by atoms with Crippen LogP contribution < -0.4 is 11.4 Å². The van der Waals surface area contributed by atoms with E-state index in [1.807, 2.05) is 0 Å². The lowest BCUT2D eigenvalue weighted by atomic mass is 10.2. The minimum absolute atomic E-state index is 0.109. The summed E-state index contributed by atoms with van der Waals surface area (Å²) >= 11 is 0. The number of aromatic nitrogens is 5. The Bertz CT molecular complexity index is 1290. The van der Waals surface area contributed by atoms with Crippen molar-refractivity contribution in [2.24, 2.45) is 5.73 Å². The van der Waals surface area contributed by atoms with Gasteiger partial charge in [0.1, 0.15) is 17.8 Å². The number of carboxylic acid groups (broad SMARTS) is 1. The molecular weight excluding hydrogens is 512 g/mol. The minimum atomic E-state index is -5.08. The standard InChI is InChI=1S/C17H13F5N6O.C2HF3O2/c18-15(19)11(6-23)8-28-16(29)27(9-25-28)14-3-1-2-12(26-14)10-4-5-13(24-7-10)17(20,21)22;3-2(4,5)1(6)7/h1-5,7,9H,6,8,23H2;(H,6,7). The summed E-state index contributed by atoms with van der Waals surface area (Å²) < 4.78 is 97.0. The van der Waals surface area contributed by atoms with Crippen molar-refractivity contribution in [3.63, 3.8) is 0 Å². The van der Waals surface area contributed by atoms with E-state index in [0.29, 0.717) is 5.56 Å². The molecule has 0 aromatic carbocycles. The van der Waals surface area contributed by atoms with E-state index in [-0.39, 0.29) is 11.5 Å². The number of nitrogens with two attached hydrogens (primary N) is 1. The molecule has 9 nitrogen and oxygen atoms in total. The van der Waals surface area contributed by atoms with Gasteiger partial charge >= 0.3 is 24.0 Å². The molecule has 17 heteroatoms. The Morgan fingerprint density at radius 1 is 1.06 bits per heavy atom. The van der Waals surface area contributed by atoms with Gasteiger partial charge in [-0.2, -0.15) is 40.2 Å². The van der Waals surface area contributed by atoms with E-state index in [9.17, 15) is 39.9 Å². The fourth-order valence-corrected chi connectivity index (χ4v) is 2.42. The largest absolute Gasteiger partial charge is 0.490 e. The van der Waals surface area contributed by atoms with Crippen LogP contribution in [-0.2, 0) is 17.5 Å². The summed E-state index contributed by atoms with van der Waals surface area (Å²) in [5.74, 6) is -2.65. The van der Waals surface area contributed by atoms with Gasteiger partial charge in [0.15, 0.2) is 0 Å². The number of aliphatic carboxylic acids is 1. The molecule has 194 valence electrons. The minimum Gasteiger partial charge on any atom is -0.475 e. The molecule has 3 aromatic rings. The maximum atomic E-state index is 12.8. The molecule has 0 unspecified atom stereocenters. The SMILES string of the molecule is NCC(Cn1ncn(-c2cccc(-c3ccc(C(F)(F)F)nc3)n2)c1=O)=C(F)F.O=C(O)C(F)(F)F. The first-order chi connectivity index (χ1) is 16.6. The van der Waals surface area contributed by atoms with Crippen molar-refractivity contribution < 1.29 is 45.0 Å². The molecular formula is C19H14F8N6O3. The fourth-order valence-electron chi connectivity index (χ4n) is 2.42. The molecule has 0 spiro atoms. The summed E-state index contributed by atoms with van der Waals surface area (Å²) in [4.78, 5) is 28.9. The normalized spacial score (nSPS) is 11.5. The number of alkyl halides is 6. The molecule has 3 aromatic heterocycles. The molecule has 3 N–H and O–H groups in total. The smallest absolute Gasteiger partial charge is 0.475 e. The van der Waals surface area contributed by atoms with Gasteiger partial charge in [-0.15, -0.1) is 0 Å². The fraction of sp³-hybridized carbons (Fsp3) is 0.211. The zero-order valence-corrected chi connectivity index (χ0v) is 17.6. The number of halogens is 8. The van der Waals surface area contributed by atoms with E-state index in [2.05, 4.69) is 15.1 Å². The van der Waals surface area contributed by atoms with Gasteiger partial charge in [-0.25, -0.2) is 23.8 Å². The van der Waals surface area contributed by atoms with Crippen molar-refractivity contribution in [2.45, 2.75) is 18.9 Å². The molecule has 0 fully saturated rings. The van der Waals surface area contributed by atoms with E-state index >= 15 is 0 Å². The Kier molecular flexibility index (Phi) is 8.63. The van der Waals surface area contributed by atoms with Crippen LogP contribution in [0.15, 0.2) is 59.3 Å². The number of hydrogen-bond acceptors (Lipinski definition) is 6. The molecule has 0 aliphatic heterocycles. The molecule has 0 radical (unpaired) electrons. The molecule has 3 rings (SSSR count). The second kappa shape index (κ2) is 11.1. The third-order valence-electron chi connectivity index (χ3n) is 4.16. The summed E-state index contributed by atoms with van der Waals surface area (Å²) in [5, 5.41) is 10.9. The lowest BCUT2D eigenvalue weighted by molar-refractivity contribution is -0.192. The number of pyridine rings is 2. The Balaban J connectivity index is 0.000000572. The number of carbonyl (C=O) groups is 1. The van der Waals surface area contributed by atoms with E-state index in [1.54, 1.807) is 0 Å². The van der Waals surface area contributed by atoms with Crippen molar-refractivity contribution in [3.05, 3.63) is 70.7 Å². The van der Waals surface area contributed by atoms with Gasteiger partial charge in [0, 0.05) is 23.9 Å². The monoisotopic (exact) mass is 526 g/mol. The van der Waals surface area contributed by atoms with Gasteiger partial charge in [-0.1, -0.05) is 6.07 Å². The third-order valence-corrected chi connectivity index (χ3v) is 4.16. The topological polar surface area (TPSA) is 129 Å². The first kappa shape index (κ1) is 28.1. The zero-order valence-electron chi connectivity index (χ0n) is 17.6. The summed E-state index contributed by atoms with van der Waals surface area (Å²) in [6, 6.07) is 6.54. The molecule has 0 atom stereocenters. The highest BCUT2D eigenvalue weighted by Gasteiger charge is 2.38. The average Bonchev–Trinajstić information content (AvgIpc) is 3.16. The summed E-state index contributed by atoms with van der Waals surface area (Å²) in [6.45, 7) is -0.913. The van der Waals surface area contributed by atoms with Crippen molar-refractivity contribution in [1.29, 1.82) is 0 Å². The molecule has 3 heterocycles. The average molecular weight is 526 g/mol. The van der Waals surface area contributed by atoms with E-state index < -0.39 is 54.4 Å². The summed E-state index contributed by atoms with van der Waals surface area (Å²) in [5.41, 5.74) is 3.59. The van der Waals surface area contributed by atoms with Crippen LogP contribution in [0.1, 0.15) is 5.69 Å². The predicted molar refractivity (Wildman–Crippen MR) is 106 cm³/mol. The zero-order chi connectivity index (χ0) is 27.3. The van der Waals surface area contributed by atoms with Gasteiger partial charge in [0.2, 0.25) is 0 Å². The Labute approximate surface area is 195 Å². The lowest BCUT2D eigenvalue weighted by Crippen LogP contribution is -2.26. The quantitative estimate of drug-likeness (QED) is 0.489. The van der Waals surface area contributed by atoms with E-state index in [1.165, 1.54) is 24.3 Å².